The van der Waals surface area contributed by atoms with E-state index in [0.717, 1.165) is 31.1 Å². The van der Waals surface area contributed by atoms with Gasteiger partial charge in [-0.05, 0) is 37.0 Å². The normalized spacial score (nSPS) is 12.5. The highest BCUT2D eigenvalue weighted by atomic mass is 35.5. The number of aryl methyl sites for hydroxylation is 1. The van der Waals surface area contributed by atoms with Gasteiger partial charge in [0.25, 0.3) is 0 Å². The second kappa shape index (κ2) is 6.67. The van der Waals surface area contributed by atoms with Crippen molar-refractivity contribution in [1.82, 2.24) is 4.98 Å². The summed E-state index contributed by atoms with van der Waals surface area (Å²) in [5.41, 5.74) is 1.23. The third kappa shape index (κ3) is 4.52. The predicted molar refractivity (Wildman–Crippen MR) is 66.6 cm³/mol. The number of anilines is 1. The zero-order valence-corrected chi connectivity index (χ0v) is 10.2. The van der Waals surface area contributed by atoms with Crippen LogP contribution in [0.25, 0.3) is 0 Å². The van der Waals surface area contributed by atoms with Gasteiger partial charge in [-0.2, -0.15) is 0 Å². The molecule has 84 valence electrons. The van der Waals surface area contributed by atoms with Gasteiger partial charge in [0.1, 0.15) is 5.82 Å². The van der Waals surface area contributed by atoms with Crippen LogP contribution >= 0.6 is 11.6 Å². The fourth-order valence-electron chi connectivity index (χ4n) is 1.49. The van der Waals surface area contributed by atoms with Crippen molar-refractivity contribution in [1.29, 1.82) is 0 Å². The Morgan fingerprint density at radius 3 is 2.93 bits per heavy atom. The Labute approximate surface area is 97.1 Å². The van der Waals surface area contributed by atoms with E-state index in [-0.39, 0.29) is 0 Å². The van der Waals surface area contributed by atoms with E-state index in [9.17, 15) is 0 Å². The number of nitrogens with one attached hydrogen (secondary N) is 1. The van der Waals surface area contributed by atoms with Gasteiger partial charge in [0.2, 0.25) is 0 Å². The third-order valence-corrected chi connectivity index (χ3v) is 2.80. The fraction of sp³-hybridized carbons (Fsp3) is 0.583. The zero-order valence-electron chi connectivity index (χ0n) is 9.46. The van der Waals surface area contributed by atoms with E-state index in [1.54, 1.807) is 0 Å². The van der Waals surface area contributed by atoms with Crippen LogP contribution in [-0.2, 0) is 0 Å². The van der Waals surface area contributed by atoms with Crippen LogP contribution in [0.3, 0.4) is 0 Å². The second-order valence-electron chi connectivity index (χ2n) is 3.85. The van der Waals surface area contributed by atoms with Gasteiger partial charge < -0.3 is 5.32 Å². The van der Waals surface area contributed by atoms with E-state index in [4.69, 9.17) is 11.6 Å². The first kappa shape index (κ1) is 12.3. The van der Waals surface area contributed by atoms with Crippen LogP contribution in [0.4, 0.5) is 5.82 Å². The molecule has 2 nitrogen and oxygen atoms in total. The van der Waals surface area contributed by atoms with Crippen molar-refractivity contribution >= 4 is 17.4 Å². The minimum Gasteiger partial charge on any atom is -0.370 e. The molecule has 1 N–H and O–H groups in total. The maximum absolute atomic E-state index is 5.74. The van der Waals surface area contributed by atoms with E-state index in [2.05, 4.69) is 30.2 Å². The Balaban J connectivity index is 2.41. The Morgan fingerprint density at radius 1 is 1.53 bits per heavy atom. The number of alkyl halides is 1. The Kier molecular flexibility index (Phi) is 5.48. The van der Waals surface area contributed by atoms with Crippen molar-refractivity contribution in [3.8, 4) is 0 Å². The summed E-state index contributed by atoms with van der Waals surface area (Å²) in [6.45, 7) is 5.23. The van der Waals surface area contributed by atoms with Crippen molar-refractivity contribution in [3.05, 3.63) is 23.9 Å². The average molecular weight is 227 g/mol. The van der Waals surface area contributed by atoms with Gasteiger partial charge in [0.05, 0.1) is 0 Å². The minimum atomic E-state index is 0.643. The molecule has 0 aromatic carbocycles. The largest absolute Gasteiger partial charge is 0.370 e. The molecule has 15 heavy (non-hydrogen) atoms. The Hall–Kier alpha value is -0.760. The molecule has 0 aliphatic carbocycles. The molecule has 1 aromatic rings. The molecule has 0 aliphatic heterocycles. The molecule has 0 bridgehead atoms. The molecule has 0 fully saturated rings. The van der Waals surface area contributed by atoms with E-state index >= 15 is 0 Å². The van der Waals surface area contributed by atoms with Crippen LogP contribution in [0, 0.1) is 12.8 Å². The van der Waals surface area contributed by atoms with Gasteiger partial charge in [-0.15, -0.1) is 11.6 Å². The maximum atomic E-state index is 5.74. The van der Waals surface area contributed by atoms with Gasteiger partial charge in [-0.1, -0.05) is 13.3 Å². The minimum absolute atomic E-state index is 0.643. The molecule has 0 spiro atoms. The smallest absolute Gasteiger partial charge is 0.126 e. The van der Waals surface area contributed by atoms with Gasteiger partial charge >= 0.3 is 0 Å². The van der Waals surface area contributed by atoms with Crippen LogP contribution < -0.4 is 5.32 Å². The number of hydrogen-bond acceptors (Lipinski definition) is 2. The lowest BCUT2D eigenvalue weighted by atomic mass is 10.0. The van der Waals surface area contributed by atoms with Crippen molar-refractivity contribution in [2.45, 2.75) is 26.7 Å². The van der Waals surface area contributed by atoms with E-state index in [0.29, 0.717) is 5.92 Å². The molecule has 0 saturated carbocycles. The lowest BCUT2D eigenvalue weighted by Crippen LogP contribution is -2.14. The first-order valence-corrected chi connectivity index (χ1v) is 6.02. The molecule has 1 heterocycles. The molecule has 0 amide bonds. The van der Waals surface area contributed by atoms with E-state index < -0.39 is 0 Å². The van der Waals surface area contributed by atoms with Gasteiger partial charge in [-0.3, -0.25) is 0 Å². The molecule has 1 atom stereocenters. The predicted octanol–water partition coefficient (Wildman–Crippen LogP) is 3.46. The SMILES string of the molecule is CCC(CCCl)CNc1cc(C)ccn1. The van der Waals surface area contributed by atoms with Crippen molar-refractivity contribution in [2.75, 3.05) is 17.7 Å². The molecular weight excluding hydrogens is 208 g/mol. The van der Waals surface area contributed by atoms with Crippen LogP contribution in [0.5, 0.6) is 0 Å². The Morgan fingerprint density at radius 2 is 2.33 bits per heavy atom. The molecule has 0 radical (unpaired) electrons. The number of halogens is 1. The summed E-state index contributed by atoms with van der Waals surface area (Å²) in [6.07, 6.45) is 4.06. The monoisotopic (exact) mass is 226 g/mol. The number of pyridine rings is 1. The topological polar surface area (TPSA) is 24.9 Å². The summed E-state index contributed by atoms with van der Waals surface area (Å²) < 4.78 is 0. The summed E-state index contributed by atoms with van der Waals surface area (Å²) in [6, 6.07) is 4.06. The van der Waals surface area contributed by atoms with E-state index in [1.807, 2.05) is 12.3 Å². The summed E-state index contributed by atoms with van der Waals surface area (Å²) in [4.78, 5) is 4.26. The standard InChI is InChI=1S/C12H19ClN2/c1-3-11(4-6-13)9-15-12-8-10(2)5-7-14-12/h5,7-8,11H,3-4,6,9H2,1-2H3,(H,14,15). The number of nitrogens with zero attached hydrogens (tertiary/aromatic N) is 1. The fourth-order valence-corrected chi connectivity index (χ4v) is 1.80. The highest BCUT2D eigenvalue weighted by Gasteiger charge is 2.05. The highest BCUT2D eigenvalue weighted by Crippen LogP contribution is 2.11. The van der Waals surface area contributed by atoms with Gasteiger partial charge in [-0.25, -0.2) is 4.98 Å². The van der Waals surface area contributed by atoms with Crippen LogP contribution in [0.15, 0.2) is 18.3 Å². The van der Waals surface area contributed by atoms with Crippen LogP contribution in [0.2, 0.25) is 0 Å². The molecule has 0 aliphatic rings. The first-order chi connectivity index (χ1) is 7.26. The molecule has 1 aromatic heterocycles. The summed E-state index contributed by atoms with van der Waals surface area (Å²) in [5.74, 6) is 2.34. The quantitative estimate of drug-likeness (QED) is 0.752. The van der Waals surface area contributed by atoms with Crippen molar-refractivity contribution < 1.29 is 0 Å². The zero-order chi connectivity index (χ0) is 11.1. The average Bonchev–Trinajstić information content (AvgIpc) is 2.24. The van der Waals surface area contributed by atoms with Gasteiger partial charge in [0, 0.05) is 18.6 Å². The molecule has 3 heteroatoms. The Bertz CT molecular complexity index is 289. The van der Waals surface area contributed by atoms with Crippen molar-refractivity contribution in [3.63, 3.8) is 0 Å². The van der Waals surface area contributed by atoms with Crippen molar-refractivity contribution in [2.24, 2.45) is 5.92 Å². The third-order valence-electron chi connectivity index (χ3n) is 2.58. The summed E-state index contributed by atoms with van der Waals surface area (Å²) in [7, 11) is 0. The molecule has 0 saturated heterocycles. The molecule has 1 unspecified atom stereocenters. The summed E-state index contributed by atoms with van der Waals surface area (Å²) >= 11 is 5.74. The second-order valence-corrected chi connectivity index (χ2v) is 4.23. The molecular formula is C12H19ClN2. The number of aromatic nitrogens is 1. The number of hydrogen-bond donors (Lipinski definition) is 1. The maximum Gasteiger partial charge on any atom is 0.126 e. The van der Waals surface area contributed by atoms with E-state index in [1.165, 1.54) is 5.56 Å². The van der Waals surface area contributed by atoms with Crippen LogP contribution in [0.1, 0.15) is 25.3 Å². The molecule has 1 rings (SSSR count). The first-order valence-electron chi connectivity index (χ1n) is 5.48. The number of rotatable bonds is 6. The summed E-state index contributed by atoms with van der Waals surface area (Å²) in [5, 5.41) is 3.35. The van der Waals surface area contributed by atoms with Crippen LogP contribution in [-0.4, -0.2) is 17.4 Å². The van der Waals surface area contributed by atoms with Gasteiger partial charge in [0.15, 0.2) is 0 Å². The lowest BCUT2D eigenvalue weighted by molar-refractivity contribution is 0.521. The lowest BCUT2D eigenvalue weighted by Gasteiger charge is -2.14. The highest BCUT2D eigenvalue weighted by molar-refractivity contribution is 6.17.